The number of carbonyl (C=O) groups is 1. The summed E-state index contributed by atoms with van der Waals surface area (Å²) in [5.41, 5.74) is 5.26. The van der Waals surface area contributed by atoms with Crippen LogP contribution in [0.5, 0.6) is 0 Å². The first-order chi connectivity index (χ1) is 9.47. The number of dihydropyridines is 1. The molecule has 0 aromatic rings. The first kappa shape index (κ1) is 14.6. The molecule has 1 aliphatic carbocycles. The van der Waals surface area contributed by atoms with E-state index in [1.54, 1.807) is 0 Å². The summed E-state index contributed by atoms with van der Waals surface area (Å²) in [7, 11) is 0. The van der Waals surface area contributed by atoms with Crippen molar-refractivity contribution in [3.05, 3.63) is 22.4 Å². The van der Waals surface area contributed by atoms with Gasteiger partial charge < -0.3 is 5.32 Å². The second-order valence-corrected chi connectivity index (χ2v) is 8.37. The van der Waals surface area contributed by atoms with E-state index in [1.807, 2.05) is 20.8 Å². The lowest BCUT2D eigenvalue weighted by atomic mass is 9.70. The summed E-state index contributed by atoms with van der Waals surface area (Å²) in [4.78, 5) is 17.4. The third-order valence-corrected chi connectivity index (χ3v) is 5.12. The fraction of sp³-hybridized carbons (Fsp3) is 0.667. The number of ketones is 1. The molecule has 1 fully saturated rings. The molecule has 1 atom stereocenters. The van der Waals surface area contributed by atoms with Crippen molar-refractivity contribution in [2.75, 3.05) is 0 Å². The van der Waals surface area contributed by atoms with Crippen molar-refractivity contribution in [3.63, 3.8) is 0 Å². The number of hydrogen-bond donors (Lipinski definition) is 1. The average molecular weight is 286 g/mol. The molecule has 0 radical (unpaired) electrons. The smallest absolute Gasteiger partial charge is 0.186 e. The summed E-state index contributed by atoms with van der Waals surface area (Å²) in [5, 5.41) is 3.62. The molecule has 114 valence electrons. The quantitative estimate of drug-likeness (QED) is 0.739. The average Bonchev–Trinajstić information content (AvgIpc) is 2.55. The van der Waals surface area contributed by atoms with E-state index in [9.17, 15) is 4.79 Å². The molecular formula is C18H26N2O. The van der Waals surface area contributed by atoms with E-state index in [4.69, 9.17) is 4.99 Å². The summed E-state index contributed by atoms with van der Waals surface area (Å²) in [5.74, 6) is 0.163. The van der Waals surface area contributed by atoms with Crippen LogP contribution >= 0.6 is 0 Å². The van der Waals surface area contributed by atoms with Crippen LogP contribution in [0.2, 0.25) is 0 Å². The van der Waals surface area contributed by atoms with Gasteiger partial charge in [0.05, 0.1) is 0 Å². The Kier molecular flexibility index (Phi) is 2.69. The predicted octanol–water partition coefficient (Wildman–Crippen LogP) is 3.56. The number of Topliss-reactive ketones (excluding diaryl/α,β-unsaturated/α-hetero) is 1. The molecule has 0 aromatic carbocycles. The van der Waals surface area contributed by atoms with Crippen molar-refractivity contribution in [1.82, 2.24) is 5.32 Å². The van der Waals surface area contributed by atoms with Gasteiger partial charge in [-0.3, -0.25) is 9.79 Å². The summed E-state index contributed by atoms with van der Waals surface area (Å²) < 4.78 is 0. The topological polar surface area (TPSA) is 41.5 Å². The molecule has 2 heterocycles. The highest BCUT2D eigenvalue weighted by Crippen LogP contribution is 2.55. The third kappa shape index (κ3) is 1.93. The molecule has 0 spiro atoms. The van der Waals surface area contributed by atoms with Gasteiger partial charge in [0.25, 0.3) is 0 Å². The molecule has 3 nitrogen and oxygen atoms in total. The van der Waals surface area contributed by atoms with Gasteiger partial charge in [0.2, 0.25) is 0 Å². The first-order valence-electron chi connectivity index (χ1n) is 7.82. The fourth-order valence-corrected chi connectivity index (χ4v) is 4.83. The highest BCUT2D eigenvalue weighted by Gasteiger charge is 2.51. The summed E-state index contributed by atoms with van der Waals surface area (Å²) in [6, 6.07) is 0. The second-order valence-electron chi connectivity index (χ2n) is 8.37. The highest BCUT2D eigenvalue weighted by atomic mass is 16.1. The molecular weight excluding hydrogens is 260 g/mol. The lowest BCUT2D eigenvalue weighted by Gasteiger charge is -2.43. The molecule has 3 heteroatoms. The van der Waals surface area contributed by atoms with Crippen LogP contribution in [0.4, 0.5) is 0 Å². The normalized spacial score (nSPS) is 33.5. The zero-order valence-corrected chi connectivity index (χ0v) is 14.3. The Morgan fingerprint density at radius 3 is 2.33 bits per heavy atom. The molecule has 0 bridgehead atoms. The predicted molar refractivity (Wildman–Crippen MR) is 86.5 cm³/mol. The van der Waals surface area contributed by atoms with E-state index in [0.29, 0.717) is 0 Å². The maximum Gasteiger partial charge on any atom is 0.186 e. The van der Waals surface area contributed by atoms with Crippen molar-refractivity contribution in [2.45, 2.75) is 72.4 Å². The number of rotatable bonds is 0. The van der Waals surface area contributed by atoms with E-state index in [2.05, 4.69) is 33.0 Å². The number of aliphatic imine (C=N–C) groups is 1. The minimum atomic E-state index is -0.607. The Bertz CT molecular complexity index is 646. The van der Waals surface area contributed by atoms with E-state index in [0.717, 1.165) is 29.7 Å². The van der Waals surface area contributed by atoms with Crippen molar-refractivity contribution < 1.29 is 4.79 Å². The molecule has 21 heavy (non-hydrogen) atoms. The standard InChI is InChI=1S/C18H26N2O/c1-10-13-12(20-17(5,6)15(10)21)8-18(7)9-16(3,4)19-11(2)14(13)18/h19H,8-9H2,1-7H3. The SMILES string of the molecule is CC1=C2C3=C(C)C(=O)C(C)(C)N=C3CC2(C)CC(C)(C)N1. The molecule has 1 saturated carbocycles. The fourth-order valence-electron chi connectivity index (χ4n) is 4.83. The molecule has 1 N–H and O–H groups in total. The van der Waals surface area contributed by atoms with Crippen LogP contribution in [0, 0.1) is 5.41 Å². The van der Waals surface area contributed by atoms with Gasteiger partial charge in [-0.25, -0.2) is 0 Å². The molecule has 3 rings (SSSR count). The van der Waals surface area contributed by atoms with Crippen LogP contribution in [0.1, 0.15) is 61.3 Å². The minimum absolute atomic E-state index is 0.0877. The number of nitrogens with one attached hydrogen (secondary N) is 1. The van der Waals surface area contributed by atoms with Gasteiger partial charge >= 0.3 is 0 Å². The van der Waals surface area contributed by atoms with Gasteiger partial charge in [0.15, 0.2) is 5.78 Å². The van der Waals surface area contributed by atoms with Crippen LogP contribution in [0.15, 0.2) is 27.4 Å². The van der Waals surface area contributed by atoms with E-state index < -0.39 is 5.54 Å². The number of hydrogen-bond acceptors (Lipinski definition) is 3. The van der Waals surface area contributed by atoms with Crippen molar-refractivity contribution in [3.8, 4) is 0 Å². The zero-order chi connectivity index (χ0) is 15.8. The Balaban J connectivity index is 2.25. The zero-order valence-electron chi connectivity index (χ0n) is 14.3. The van der Waals surface area contributed by atoms with Gasteiger partial charge in [-0.1, -0.05) is 6.92 Å². The van der Waals surface area contributed by atoms with Crippen molar-refractivity contribution in [2.24, 2.45) is 10.4 Å². The van der Waals surface area contributed by atoms with Crippen LogP contribution in [-0.4, -0.2) is 22.6 Å². The largest absolute Gasteiger partial charge is 0.383 e. The lowest BCUT2D eigenvalue weighted by Crippen LogP contribution is -2.47. The molecule has 3 aliphatic rings. The number of carbonyl (C=O) groups excluding carboxylic acids is 1. The summed E-state index contributed by atoms with van der Waals surface area (Å²) >= 11 is 0. The molecule has 1 unspecified atom stereocenters. The second kappa shape index (κ2) is 3.88. The number of nitrogens with zero attached hydrogens (tertiary/aromatic N) is 1. The van der Waals surface area contributed by atoms with E-state index in [-0.39, 0.29) is 16.7 Å². The summed E-state index contributed by atoms with van der Waals surface area (Å²) in [6.45, 7) is 14.8. The van der Waals surface area contributed by atoms with Gasteiger partial charge in [0, 0.05) is 33.5 Å². The van der Waals surface area contributed by atoms with Crippen LogP contribution in [0.25, 0.3) is 0 Å². The van der Waals surface area contributed by atoms with Crippen molar-refractivity contribution >= 4 is 11.5 Å². The maximum atomic E-state index is 12.6. The molecule has 0 saturated heterocycles. The lowest BCUT2D eigenvalue weighted by molar-refractivity contribution is -0.119. The number of fused-ring (bicyclic) bond motifs is 3. The third-order valence-electron chi connectivity index (χ3n) is 5.12. The maximum absolute atomic E-state index is 12.6. The Labute approximate surface area is 127 Å². The first-order valence-corrected chi connectivity index (χ1v) is 7.82. The monoisotopic (exact) mass is 286 g/mol. The van der Waals surface area contributed by atoms with Gasteiger partial charge in [-0.2, -0.15) is 0 Å². The van der Waals surface area contributed by atoms with Gasteiger partial charge in [-0.05, 0) is 60.0 Å². The van der Waals surface area contributed by atoms with Gasteiger partial charge in [0.1, 0.15) is 5.54 Å². The molecule has 2 aliphatic heterocycles. The van der Waals surface area contributed by atoms with Gasteiger partial charge in [-0.15, -0.1) is 0 Å². The van der Waals surface area contributed by atoms with Crippen LogP contribution < -0.4 is 5.32 Å². The number of allylic oxidation sites excluding steroid dienone is 3. The molecule has 0 amide bonds. The van der Waals surface area contributed by atoms with E-state index in [1.165, 1.54) is 11.3 Å². The Hall–Kier alpha value is -1.38. The molecule has 0 aromatic heterocycles. The van der Waals surface area contributed by atoms with Crippen molar-refractivity contribution in [1.29, 1.82) is 0 Å². The highest BCUT2D eigenvalue weighted by molar-refractivity contribution is 6.20. The van der Waals surface area contributed by atoms with Crippen LogP contribution in [-0.2, 0) is 4.79 Å². The Morgan fingerprint density at radius 1 is 1.10 bits per heavy atom. The Morgan fingerprint density at radius 2 is 1.71 bits per heavy atom. The minimum Gasteiger partial charge on any atom is -0.383 e. The summed E-state index contributed by atoms with van der Waals surface area (Å²) in [6.07, 6.45) is 2.02. The van der Waals surface area contributed by atoms with E-state index >= 15 is 0 Å². The van der Waals surface area contributed by atoms with Crippen LogP contribution in [0.3, 0.4) is 0 Å².